The number of carbonyl (C=O) groups excluding carboxylic acids is 2. The van der Waals surface area contributed by atoms with Crippen LogP contribution in [0.25, 0.3) is 0 Å². The number of hydrogen-bond acceptors (Lipinski definition) is 5. The molecular formula is C20H31ClN4O4. The maximum Gasteiger partial charge on any atom is 0.270 e. The number of amides is 2. The predicted octanol–water partition coefficient (Wildman–Crippen LogP) is 3.24. The van der Waals surface area contributed by atoms with Crippen LogP contribution in [-0.4, -0.2) is 52.9 Å². The van der Waals surface area contributed by atoms with Crippen molar-refractivity contribution < 1.29 is 14.5 Å². The Morgan fingerprint density at radius 2 is 1.72 bits per heavy atom. The molecule has 29 heavy (non-hydrogen) atoms. The monoisotopic (exact) mass is 426 g/mol. The molecule has 1 unspecified atom stereocenters. The van der Waals surface area contributed by atoms with E-state index in [-0.39, 0.29) is 28.1 Å². The Morgan fingerprint density at radius 1 is 1.14 bits per heavy atom. The first-order valence-electron chi connectivity index (χ1n) is 9.73. The standard InChI is InChI=1S/C20H31ClN4O4/c1-12(2)18(20(27)22-9-10-24(13(3)4)14(5)6)23-19(26)16-8-7-15(25(28)29)11-17(16)21/h7-8,11-14,18H,9-10H2,1-6H3,(H,22,27)(H,23,26). The molecule has 0 bridgehead atoms. The van der Waals surface area contributed by atoms with Gasteiger partial charge in [0, 0.05) is 37.3 Å². The molecule has 0 aliphatic carbocycles. The van der Waals surface area contributed by atoms with E-state index in [1.54, 1.807) is 0 Å². The zero-order chi connectivity index (χ0) is 22.3. The van der Waals surface area contributed by atoms with Gasteiger partial charge in [-0.3, -0.25) is 24.6 Å². The van der Waals surface area contributed by atoms with E-state index in [9.17, 15) is 19.7 Å². The molecule has 1 rings (SSSR count). The number of nitrogens with one attached hydrogen (secondary N) is 2. The molecule has 0 radical (unpaired) electrons. The summed E-state index contributed by atoms with van der Waals surface area (Å²) in [5, 5.41) is 16.3. The largest absolute Gasteiger partial charge is 0.353 e. The average Bonchev–Trinajstić information content (AvgIpc) is 2.61. The van der Waals surface area contributed by atoms with Crippen molar-refractivity contribution in [2.24, 2.45) is 5.92 Å². The van der Waals surface area contributed by atoms with Crippen LogP contribution in [0, 0.1) is 16.0 Å². The number of hydrogen-bond donors (Lipinski definition) is 2. The molecule has 1 atom stereocenters. The number of benzene rings is 1. The molecule has 0 saturated heterocycles. The quantitative estimate of drug-likeness (QED) is 0.441. The Labute approximate surface area is 177 Å². The molecule has 0 fully saturated rings. The van der Waals surface area contributed by atoms with Gasteiger partial charge in [-0.2, -0.15) is 0 Å². The van der Waals surface area contributed by atoms with Crippen molar-refractivity contribution in [1.82, 2.24) is 15.5 Å². The van der Waals surface area contributed by atoms with E-state index in [4.69, 9.17) is 11.6 Å². The molecule has 0 aliphatic heterocycles. The lowest BCUT2D eigenvalue weighted by molar-refractivity contribution is -0.384. The van der Waals surface area contributed by atoms with Gasteiger partial charge < -0.3 is 10.6 Å². The summed E-state index contributed by atoms with van der Waals surface area (Å²) >= 11 is 6.02. The van der Waals surface area contributed by atoms with Gasteiger partial charge in [0.2, 0.25) is 5.91 Å². The Bertz CT molecular complexity index is 729. The lowest BCUT2D eigenvalue weighted by Gasteiger charge is -2.31. The lowest BCUT2D eigenvalue weighted by atomic mass is 10.0. The van der Waals surface area contributed by atoms with Gasteiger partial charge in [0.15, 0.2) is 0 Å². The van der Waals surface area contributed by atoms with Crippen LogP contribution in [-0.2, 0) is 4.79 Å². The zero-order valence-electron chi connectivity index (χ0n) is 17.9. The minimum atomic E-state index is -0.750. The highest BCUT2D eigenvalue weighted by molar-refractivity contribution is 6.34. The maximum atomic E-state index is 12.6. The van der Waals surface area contributed by atoms with Crippen LogP contribution in [0.15, 0.2) is 18.2 Å². The van der Waals surface area contributed by atoms with Crippen LogP contribution >= 0.6 is 11.6 Å². The number of nitro benzene ring substituents is 1. The average molecular weight is 427 g/mol. The summed E-state index contributed by atoms with van der Waals surface area (Å²) in [7, 11) is 0. The van der Waals surface area contributed by atoms with Gasteiger partial charge in [0.25, 0.3) is 11.6 Å². The van der Waals surface area contributed by atoms with Gasteiger partial charge in [-0.25, -0.2) is 0 Å². The molecule has 0 aliphatic rings. The summed E-state index contributed by atoms with van der Waals surface area (Å²) in [6.45, 7) is 13.2. The molecule has 2 amide bonds. The molecule has 1 aromatic rings. The molecule has 0 saturated carbocycles. The van der Waals surface area contributed by atoms with Crippen LogP contribution in [0.1, 0.15) is 51.9 Å². The summed E-state index contributed by atoms with van der Waals surface area (Å²) in [5.74, 6) is -0.981. The van der Waals surface area contributed by atoms with Gasteiger partial charge in [0.1, 0.15) is 6.04 Å². The molecule has 0 heterocycles. The molecule has 1 aromatic carbocycles. The van der Waals surface area contributed by atoms with Crippen molar-refractivity contribution >= 4 is 29.1 Å². The number of non-ortho nitro benzene ring substituents is 1. The second-order valence-electron chi connectivity index (χ2n) is 7.83. The molecule has 162 valence electrons. The predicted molar refractivity (Wildman–Crippen MR) is 114 cm³/mol. The first-order chi connectivity index (χ1) is 13.5. The maximum absolute atomic E-state index is 12.6. The van der Waals surface area contributed by atoms with Crippen molar-refractivity contribution in [1.29, 1.82) is 0 Å². The second-order valence-corrected chi connectivity index (χ2v) is 8.24. The number of rotatable bonds is 10. The van der Waals surface area contributed by atoms with E-state index in [2.05, 4.69) is 43.2 Å². The van der Waals surface area contributed by atoms with E-state index in [1.165, 1.54) is 12.1 Å². The highest BCUT2D eigenvalue weighted by atomic mass is 35.5. The SMILES string of the molecule is CC(C)C(NC(=O)c1ccc([N+](=O)[O-])cc1Cl)C(=O)NCCN(C(C)C)C(C)C. The summed E-state index contributed by atoms with van der Waals surface area (Å²) in [5.41, 5.74) is -0.119. The summed E-state index contributed by atoms with van der Waals surface area (Å²) in [4.78, 5) is 37.7. The van der Waals surface area contributed by atoms with E-state index < -0.39 is 16.9 Å². The molecule has 2 N–H and O–H groups in total. The van der Waals surface area contributed by atoms with Gasteiger partial charge in [-0.05, 0) is 39.7 Å². The Kier molecular flexibility index (Phi) is 9.52. The first kappa shape index (κ1) is 24.8. The third kappa shape index (κ3) is 7.29. The Morgan fingerprint density at radius 3 is 2.17 bits per heavy atom. The second kappa shape index (κ2) is 11.1. The van der Waals surface area contributed by atoms with Crippen molar-refractivity contribution in [2.45, 2.75) is 59.7 Å². The highest BCUT2D eigenvalue weighted by Gasteiger charge is 2.26. The van der Waals surface area contributed by atoms with E-state index >= 15 is 0 Å². The number of halogens is 1. The summed E-state index contributed by atoms with van der Waals surface area (Å²) in [6.07, 6.45) is 0. The fourth-order valence-electron chi connectivity index (χ4n) is 3.09. The van der Waals surface area contributed by atoms with E-state index in [0.717, 1.165) is 6.07 Å². The molecular weight excluding hydrogens is 396 g/mol. The molecule has 0 spiro atoms. The third-order valence-electron chi connectivity index (χ3n) is 4.64. The molecule has 9 heteroatoms. The third-order valence-corrected chi connectivity index (χ3v) is 4.95. The zero-order valence-corrected chi connectivity index (χ0v) is 18.6. The molecule has 0 aromatic heterocycles. The first-order valence-corrected chi connectivity index (χ1v) is 10.1. The minimum absolute atomic E-state index is 0.0378. The number of nitrogens with zero attached hydrogens (tertiary/aromatic N) is 2. The fourth-order valence-corrected chi connectivity index (χ4v) is 3.35. The van der Waals surface area contributed by atoms with E-state index in [0.29, 0.717) is 25.2 Å². The van der Waals surface area contributed by atoms with Crippen molar-refractivity contribution in [3.05, 3.63) is 38.9 Å². The topological polar surface area (TPSA) is 105 Å². The van der Waals surface area contributed by atoms with Crippen molar-refractivity contribution in [3.8, 4) is 0 Å². The van der Waals surface area contributed by atoms with Crippen LogP contribution < -0.4 is 10.6 Å². The lowest BCUT2D eigenvalue weighted by Crippen LogP contribution is -2.51. The summed E-state index contributed by atoms with van der Waals surface area (Å²) in [6, 6.07) is 3.58. The van der Waals surface area contributed by atoms with Crippen LogP contribution in [0.3, 0.4) is 0 Å². The summed E-state index contributed by atoms with van der Waals surface area (Å²) < 4.78 is 0. The van der Waals surface area contributed by atoms with Crippen molar-refractivity contribution in [3.63, 3.8) is 0 Å². The Hall–Kier alpha value is -2.19. The minimum Gasteiger partial charge on any atom is -0.353 e. The normalized spacial score (nSPS) is 12.5. The van der Waals surface area contributed by atoms with Gasteiger partial charge in [0.05, 0.1) is 15.5 Å². The number of carbonyl (C=O) groups is 2. The van der Waals surface area contributed by atoms with Crippen LogP contribution in [0.2, 0.25) is 5.02 Å². The van der Waals surface area contributed by atoms with Crippen molar-refractivity contribution in [2.75, 3.05) is 13.1 Å². The van der Waals surface area contributed by atoms with Crippen LogP contribution in [0.4, 0.5) is 5.69 Å². The Balaban J connectivity index is 2.78. The van der Waals surface area contributed by atoms with E-state index in [1.807, 2.05) is 13.8 Å². The van der Waals surface area contributed by atoms with Gasteiger partial charge in [-0.1, -0.05) is 25.4 Å². The van der Waals surface area contributed by atoms with Gasteiger partial charge >= 0.3 is 0 Å². The van der Waals surface area contributed by atoms with Gasteiger partial charge in [-0.15, -0.1) is 0 Å². The number of nitro groups is 1. The molecule has 8 nitrogen and oxygen atoms in total. The van der Waals surface area contributed by atoms with Crippen LogP contribution in [0.5, 0.6) is 0 Å². The highest BCUT2D eigenvalue weighted by Crippen LogP contribution is 2.22. The fraction of sp³-hybridized carbons (Fsp3) is 0.600. The smallest absolute Gasteiger partial charge is 0.270 e.